The van der Waals surface area contributed by atoms with Gasteiger partial charge < -0.3 is 9.47 Å². The van der Waals surface area contributed by atoms with E-state index in [0.29, 0.717) is 48.4 Å². The van der Waals surface area contributed by atoms with Gasteiger partial charge in [-0.3, -0.25) is 9.36 Å². The van der Waals surface area contributed by atoms with E-state index in [9.17, 15) is 9.59 Å². The molecule has 0 saturated heterocycles. The van der Waals surface area contributed by atoms with E-state index in [-0.39, 0.29) is 17.2 Å². The van der Waals surface area contributed by atoms with Crippen molar-refractivity contribution in [2.45, 2.75) is 18.1 Å². The van der Waals surface area contributed by atoms with Gasteiger partial charge in [-0.05, 0) is 30.2 Å². The molecule has 1 N–H and O–H groups in total. The number of benzene rings is 2. The Morgan fingerprint density at radius 2 is 1.89 bits per heavy atom. The number of H-pyrrole nitrogens is 1. The lowest BCUT2D eigenvalue weighted by atomic mass is 10.1. The highest BCUT2D eigenvalue weighted by Crippen LogP contribution is 2.31. The highest BCUT2D eigenvalue weighted by Gasteiger charge is 2.17. The molecule has 144 valence electrons. The largest absolute Gasteiger partial charge is 0.486 e. The fourth-order valence-electron chi connectivity index (χ4n) is 2.93. The molecule has 0 aliphatic carbocycles. The van der Waals surface area contributed by atoms with Crippen molar-refractivity contribution in [1.29, 1.82) is 0 Å². The Balaban J connectivity index is 1.41. The van der Waals surface area contributed by atoms with Crippen molar-refractivity contribution >= 4 is 17.5 Å². The number of thioether (sulfide) groups is 1. The minimum atomic E-state index is -0.273. The lowest BCUT2D eigenvalue weighted by Crippen LogP contribution is -2.19. The number of carbonyl (C=O) groups is 1. The van der Waals surface area contributed by atoms with Crippen LogP contribution in [0, 0.1) is 0 Å². The van der Waals surface area contributed by atoms with E-state index in [1.807, 2.05) is 30.3 Å². The summed E-state index contributed by atoms with van der Waals surface area (Å²) in [6.45, 7) is 1.48. The molecule has 0 spiro atoms. The first-order chi connectivity index (χ1) is 13.7. The van der Waals surface area contributed by atoms with Gasteiger partial charge in [-0.25, -0.2) is 9.89 Å². The van der Waals surface area contributed by atoms with E-state index in [1.54, 1.807) is 22.8 Å². The number of ether oxygens (including phenoxy) is 2. The van der Waals surface area contributed by atoms with Crippen LogP contribution in [0.25, 0.3) is 0 Å². The van der Waals surface area contributed by atoms with Crippen LogP contribution in [0.4, 0.5) is 0 Å². The number of hydrogen-bond acceptors (Lipinski definition) is 6. The monoisotopic (exact) mass is 397 g/mol. The Morgan fingerprint density at radius 3 is 2.71 bits per heavy atom. The van der Waals surface area contributed by atoms with Crippen molar-refractivity contribution in [2.24, 2.45) is 0 Å². The summed E-state index contributed by atoms with van der Waals surface area (Å²) in [7, 11) is 0. The summed E-state index contributed by atoms with van der Waals surface area (Å²) >= 11 is 1.24. The van der Waals surface area contributed by atoms with E-state index in [4.69, 9.17) is 9.47 Å². The van der Waals surface area contributed by atoms with E-state index >= 15 is 0 Å². The third kappa shape index (κ3) is 4.12. The fraction of sp³-hybridized carbons (Fsp3) is 0.250. The van der Waals surface area contributed by atoms with Crippen LogP contribution in [0.15, 0.2) is 58.5 Å². The van der Waals surface area contributed by atoms with Crippen LogP contribution in [-0.4, -0.2) is 39.5 Å². The second-order valence-electron chi connectivity index (χ2n) is 6.27. The Hall–Kier alpha value is -3.00. The number of aromatic nitrogens is 3. The number of aryl methyl sites for hydroxylation is 1. The molecule has 0 saturated carbocycles. The molecular weight excluding hydrogens is 378 g/mol. The zero-order chi connectivity index (χ0) is 19.3. The molecule has 28 heavy (non-hydrogen) atoms. The average molecular weight is 397 g/mol. The summed E-state index contributed by atoms with van der Waals surface area (Å²) in [5, 5.41) is 7.03. The molecule has 8 heteroatoms. The summed E-state index contributed by atoms with van der Waals surface area (Å²) in [5.41, 5.74) is 1.41. The van der Waals surface area contributed by atoms with E-state index in [2.05, 4.69) is 10.2 Å². The molecule has 0 amide bonds. The average Bonchev–Trinajstić information content (AvgIpc) is 3.10. The maximum atomic E-state index is 12.6. The number of hydrogen-bond donors (Lipinski definition) is 1. The molecule has 3 aromatic rings. The van der Waals surface area contributed by atoms with Gasteiger partial charge in [-0.1, -0.05) is 42.1 Å². The number of nitrogens with zero attached hydrogens (tertiary/aromatic N) is 2. The minimum absolute atomic E-state index is 0.0629. The first kappa shape index (κ1) is 18.4. The molecule has 7 nitrogen and oxygen atoms in total. The molecule has 2 heterocycles. The number of Topliss-reactive ketones (excluding diaryl/α,β-unsaturated/α-hetero) is 1. The molecule has 0 unspecified atom stereocenters. The van der Waals surface area contributed by atoms with Gasteiger partial charge in [0.15, 0.2) is 22.4 Å². The van der Waals surface area contributed by atoms with E-state index in [1.165, 1.54) is 11.8 Å². The normalized spacial score (nSPS) is 12.7. The number of rotatable bonds is 7. The number of aromatic amines is 1. The SMILES string of the molecule is O=C(CSc1n[nH]c(=O)n1CCc1ccccc1)c1ccc2c(c1)OCCO2. The molecule has 0 atom stereocenters. The van der Waals surface area contributed by atoms with Gasteiger partial charge >= 0.3 is 5.69 Å². The molecule has 0 fully saturated rings. The molecule has 0 bridgehead atoms. The highest BCUT2D eigenvalue weighted by atomic mass is 32.2. The van der Waals surface area contributed by atoms with Crippen LogP contribution in [0.1, 0.15) is 15.9 Å². The van der Waals surface area contributed by atoms with Crippen LogP contribution >= 0.6 is 11.8 Å². The van der Waals surface area contributed by atoms with Crippen molar-refractivity contribution in [3.8, 4) is 11.5 Å². The maximum absolute atomic E-state index is 12.6. The number of nitrogens with one attached hydrogen (secondary N) is 1. The third-order valence-corrected chi connectivity index (χ3v) is 5.36. The highest BCUT2D eigenvalue weighted by molar-refractivity contribution is 7.99. The number of carbonyl (C=O) groups excluding carboxylic acids is 1. The molecule has 0 radical (unpaired) electrons. The fourth-order valence-corrected chi connectivity index (χ4v) is 3.79. The van der Waals surface area contributed by atoms with Crippen LogP contribution in [0.2, 0.25) is 0 Å². The molecule has 1 aromatic heterocycles. The Kier molecular flexibility index (Phi) is 5.48. The lowest BCUT2D eigenvalue weighted by Gasteiger charge is -2.18. The second kappa shape index (κ2) is 8.35. The summed E-state index contributed by atoms with van der Waals surface area (Å²) in [6.07, 6.45) is 0.712. The van der Waals surface area contributed by atoms with Crippen molar-refractivity contribution in [3.63, 3.8) is 0 Å². The minimum Gasteiger partial charge on any atom is -0.486 e. The zero-order valence-electron chi connectivity index (χ0n) is 15.1. The van der Waals surface area contributed by atoms with Gasteiger partial charge in [0.1, 0.15) is 13.2 Å². The topological polar surface area (TPSA) is 86.2 Å². The van der Waals surface area contributed by atoms with Gasteiger partial charge in [0.05, 0.1) is 5.75 Å². The summed E-state index contributed by atoms with van der Waals surface area (Å²) in [5.74, 6) is 1.35. The quantitative estimate of drug-likeness (QED) is 0.487. The third-order valence-electron chi connectivity index (χ3n) is 4.39. The lowest BCUT2D eigenvalue weighted by molar-refractivity contribution is 0.102. The van der Waals surface area contributed by atoms with Gasteiger partial charge in [-0.2, -0.15) is 0 Å². The van der Waals surface area contributed by atoms with E-state index < -0.39 is 0 Å². The molecule has 2 aromatic carbocycles. The maximum Gasteiger partial charge on any atom is 0.343 e. The molecular formula is C20H19N3O4S. The van der Waals surface area contributed by atoms with Gasteiger partial charge in [-0.15, -0.1) is 5.10 Å². The second-order valence-corrected chi connectivity index (χ2v) is 7.21. The standard InChI is InChI=1S/C20H19N3O4S/c24-16(15-6-7-17-18(12-15)27-11-10-26-17)13-28-20-22-21-19(25)23(20)9-8-14-4-2-1-3-5-14/h1-7,12H,8-11,13H2,(H,21,25). The van der Waals surface area contributed by atoms with Crippen LogP contribution in [0.3, 0.4) is 0 Å². The summed E-state index contributed by atoms with van der Waals surface area (Å²) < 4.78 is 12.6. The predicted octanol–water partition coefficient (Wildman–Crippen LogP) is 2.56. The molecule has 4 rings (SSSR count). The van der Waals surface area contributed by atoms with Gasteiger partial charge in [0.2, 0.25) is 0 Å². The Morgan fingerprint density at radius 1 is 1.11 bits per heavy atom. The summed E-state index contributed by atoms with van der Waals surface area (Å²) in [6, 6.07) is 15.1. The van der Waals surface area contributed by atoms with Gasteiger partial charge in [0, 0.05) is 12.1 Å². The number of ketones is 1. The Bertz CT molecular complexity index is 1030. The molecule has 1 aliphatic rings. The van der Waals surface area contributed by atoms with Gasteiger partial charge in [0.25, 0.3) is 0 Å². The summed E-state index contributed by atoms with van der Waals surface area (Å²) in [4.78, 5) is 24.6. The first-order valence-corrected chi connectivity index (χ1v) is 9.94. The first-order valence-electron chi connectivity index (χ1n) is 8.95. The van der Waals surface area contributed by atoms with Crippen molar-refractivity contribution in [1.82, 2.24) is 14.8 Å². The van der Waals surface area contributed by atoms with E-state index in [0.717, 1.165) is 5.56 Å². The zero-order valence-corrected chi connectivity index (χ0v) is 15.9. The van der Waals surface area contributed by atoms with Crippen LogP contribution in [-0.2, 0) is 13.0 Å². The molecule has 1 aliphatic heterocycles. The number of fused-ring (bicyclic) bond motifs is 1. The van der Waals surface area contributed by atoms with Crippen molar-refractivity contribution in [2.75, 3.05) is 19.0 Å². The Labute approximate surface area is 165 Å². The van der Waals surface area contributed by atoms with Crippen LogP contribution in [0.5, 0.6) is 11.5 Å². The van der Waals surface area contributed by atoms with Crippen LogP contribution < -0.4 is 15.2 Å². The van der Waals surface area contributed by atoms with Crippen molar-refractivity contribution < 1.29 is 14.3 Å². The predicted molar refractivity (Wildman–Crippen MR) is 105 cm³/mol. The van der Waals surface area contributed by atoms with Crippen molar-refractivity contribution in [3.05, 3.63) is 70.1 Å². The smallest absolute Gasteiger partial charge is 0.343 e.